The van der Waals surface area contributed by atoms with E-state index >= 15 is 0 Å². The van der Waals surface area contributed by atoms with Gasteiger partial charge in [-0.1, -0.05) is 33.1 Å². The van der Waals surface area contributed by atoms with Gasteiger partial charge in [-0.25, -0.2) is 0 Å². The quantitative estimate of drug-likeness (QED) is 0.436. The summed E-state index contributed by atoms with van der Waals surface area (Å²) in [6.07, 6.45) is 2.94. The molecule has 1 atom stereocenters. The fraction of sp³-hybridized carbons (Fsp3) is 0.800. The van der Waals surface area contributed by atoms with Crippen LogP contribution in [0.2, 0.25) is 0 Å². The normalized spacial score (nSPS) is 11.9. The first-order valence-corrected chi connectivity index (χ1v) is 4.98. The molecular weight excluding hydrogens is 207 g/mol. The maximum absolute atomic E-state index is 10.6. The van der Waals surface area contributed by atoms with Crippen LogP contribution in [0.4, 0.5) is 0 Å². The van der Waals surface area contributed by atoms with Crippen LogP contribution >= 0.6 is 0 Å². The first kappa shape index (κ1) is 17.3. The van der Waals surface area contributed by atoms with Gasteiger partial charge in [0.15, 0.2) is 5.92 Å². The molecule has 0 aromatic heterocycles. The van der Waals surface area contributed by atoms with E-state index < -0.39 is 17.9 Å². The van der Waals surface area contributed by atoms with Crippen molar-refractivity contribution in [2.75, 3.05) is 0 Å². The number of hydrogen-bond donors (Lipinski definition) is 2. The summed E-state index contributed by atoms with van der Waals surface area (Å²) < 4.78 is 0. The van der Waals surface area contributed by atoms with Crippen LogP contribution in [-0.4, -0.2) is 22.2 Å². The molecule has 0 heterocycles. The Labute approximate surface area is 114 Å². The molecule has 0 spiro atoms. The van der Waals surface area contributed by atoms with Crippen molar-refractivity contribution in [1.82, 2.24) is 0 Å². The molecule has 0 rings (SSSR count). The van der Waals surface area contributed by atoms with E-state index in [0.29, 0.717) is 0 Å². The molecule has 0 aliphatic rings. The van der Waals surface area contributed by atoms with Crippen LogP contribution in [0.5, 0.6) is 0 Å². The number of aliphatic carboxylic acids is 2. The molecule has 0 aliphatic heterocycles. The number of carbonyl (C=O) groups is 2. The Bertz CT molecular complexity index is 197. The molecule has 15 heavy (non-hydrogen) atoms. The van der Waals surface area contributed by atoms with Crippen LogP contribution in [0.15, 0.2) is 0 Å². The minimum absolute atomic E-state index is 0. The molecule has 0 aliphatic carbocycles. The summed E-state index contributed by atoms with van der Waals surface area (Å²) in [5.41, 5.74) is 0. The van der Waals surface area contributed by atoms with E-state index in [4.69, 9.17) is 10.2 Å². The molecular formula is C10H19NaO4. The summed E-state index contributed by atoms with van der Waals surface area (Å²) in [5, 5.41) is 17.4. The Morgan fingerprint density at radius 2 is 1.67 bits per heavy atom. The predicted molar refractivity (Wildman–Crippen MR) is 53.2 cm³/mol. The monoisotopic (exact) mass is 226 g/mol. The van der Waals surface area contributed by atoms with E-state index in [0.717, 1.165) is 19.3 Å². The molecule has 4 nitrogen and oxygen atoms in total. The average molecular weight is 226 g/mol. The molecule has 0 saturated carbocycles. The fourth-order valence-electron chi connectivity index (χ4n) is 1.54. The molecule has 0 radical (unpaired) electrons. The molecule has 0 saturated heterocycles. The molecule has 0 bridgehead atoms. The molecule has 2 N–H and O–H groups in total. The van der Waals surface area contributed by atoms with Crippen LogP contribution in [0.3, 0.4) is 0 Å². The first-order chi connectivity index (χ1) is 6.52. The summed E-state index contributed by atoms with van der Waals surface area (Å²) in [5.74, 6) is -3.50. The fourth-order valence-corrected chi connectivity index (χ4v) is 1.54. The number of carboxylic acid groups (broad SMARTS) is 2. The van der Waals surface area contributed by atoms with Crippen molar-refractivity contribution in [3.05, 3.63) is 0 Å². The Balaban J connectivity index is -0.000000845. The summed E-state index contributed by atoms with van der Waals surface area (Å²) in [7, 11) is 0. The second kappa shape index (κ2) is 9.19. The number of hydrogen-bond acceptors (Lipinski definition) is 2. The topological polar surface area (TPSA) is 74.6 Å². The van der Waals surface area contributed by atoms with E-state index in [2.05, 4.69) is 0 Å². The molecule has 84 valence electrons. The van der Waals surface area contributed by atoms with E-state index in [-0.39, 0.29) is 43.3 Å². The summed E-state index contributed by atoms with van der Waals surface area (Å²) >= 11 is 0. The third-order valence-corrected chi connectivity index (χ3v) is 2.44. The minimum atomic E-state index is -1.24. The smallest absolute Gasteiger partial charge is 1.00 e. The van der Waals surface area contributed by atoms with E-state index in [9.17, 15) is 9.59 Å². The predicted octanol–water partition coefficient (Wildman–Crippen LogP) is -0.895. The van der Waals surface area contributed by atoms with Gasteiger partial charge in [0.05, 0.1) is 0 Å². The average Bonchev–Trinajstić information content (AvgIpc) is 2.10. The van der Waals surface area contributed by atoms with Gasteiger partial charge >= 0.3 is 41.5 Å². The van der Waals surface area contributed by atoms with Gasteiger partial charge in [-0.15, -0.1) is 0 Å². The molecule has 0 amide bonds. The molecule has 1 unspecified atom stereocenters. The number of rotatable bonds is 7. The molecule has 0 fully saturated rings. The van der Waals surface area contributed by atoms with Gasteiger partial charge in [-0.3, -0.25) is 9.59 Å². The SMILES string of the molecule is CCCC(CC)CC(C(=O)O)C(=O)O.[H-].[Na+]. The Morgan fingerprint density at radius 3 is 1.93 bits per heavy atom. The largest absolute Gasteiger partial charge is 1.00 e. The maximum Gasteiger partial charge on any atom is 1.00 e. The Morgan fingerprint density at radius 1 is 1.20 bits per heavy atom. The first-order valence-electron chi connectivity index (χ1n) is 4.98. The summed E-state index contributed by atoms with van der Waals surface area (Å²) in [4.78, 5) is 21.2. The standard InChI is InChI=1S/C10H18O4.Na.H/c1-3-5-7(4-2)6-8(9(11)12)10(13)14;;/h7-8H,3-6H2,1-2H3,(H,11,12)(H,13,14);;/q;+1;-1. The van der Waals surface area contributed by atoms with E-state index in [1.165, 1.54) is 0 Å². The summed E-state index contributed by atoms with van der Waals surface area (Å²) in [6, 6.07) is 0. The van der Waals surface area contributed by atoms with Crippen LogP contribution in [0.1, 0.15) is 41.0 Å². The zero-order chi connectivity index (χ0) is 11.1. The maximum atomic E-state index is 10.6. The second-order valence-electron chi connectivity index (χ2n) is 3.53. The zero-order valence-corrected chi connectivity index (χ0v) is 11.7. The van der Waals surface area contributed by atoms with Gasteiger partial charge in [-0.05, 0) is 12.3 Å². The van der Waals surface area contributed by atoms with Crippen molar-refractivity contribution < 1.29 is 50.8 Å². The molecule has 5 heteroatoms. The van der Waals surface area contributed by atoms with Crippen LogP contribution in [-0.2, 0) is 9.59 Å². The van der Waals surface area contributed by atoms with Crippen molar-refractivity contribution >= 4 is 11.9 Å². The van der Waals surface area contributed by atoms with Crippen molar-refractivity contribution in [2.24, 2.45) is 11.8 Å². The van der Waals surface area contributed by atoms with Crippen molar-refractivity contribution in [3.63, 3.8) is 0 Å². The third kappa shape index (κ3) is 6.93. The van der Waals surface area contributed by atoms with E-state index in [1.807, 2.05) is 13.8 Å². The van der Waals surface area contributed by atoms with Crippen LogP contribution in [0.25, 0.3) is 0 Å². The van der Waals surface area contributed by atoms with Crippen LogP contribution < -0.4 is 29.6 Å². The van der Waals surface area contributed by atoms with Gasteiger partial charge in [0.2, 0.25) is 0 Å². The Kier molecular flexibility index (Phi) is 10.6. The van der Waals surface area contributed by atoms with Crippen LogP contribution in [0, 0.1) is 11.8 Å². The third-order valence-electron chi connectivity index (χ3n) is 2.44. The van der Waals surface area contributed by atoms with E-state index in [1.54, 1.807) is 0 Å². The number of carboxylic acids is 2. The van der Waals surface area contributed by atoms with Crippen molar-refractivity contribution in [3.8, 4) is 0 Å². The van der Waals surface area contributed by atoms with Crippen molar-refractivity contribution in [1.29, 1.82) is 0 Å². The zero-order valence-electron chi connectivity index (χ0n) is 10.7. The van der Waals surface area contributed by atoms with Gasteiger partial charge in [-0.2, -0.15) is 0 Å². The van der Waals surface area contributed by atoms with Gasteiger partial charge in [0, 0.05) is 0 Å². The van der Waals surface area contributed by atoms with Gasteiger partial charge in [0.25, 0.3) is 0 Å². The molecule has 0 aromatic carbocycles. The molecule has 0 aromatic rings. The Hall–Kier alpha value is -0.0600. The van der Waals surface area contributed by atoms with Gasteiger partial charge < -0.3 is 11.6 Å². The van der Waals surface area contributed by atoms with Crippen molar-refractivity contribution in [2.45, 2.75) is 39.5 Å². The second-order valence-corrected chi connectivity index (χ2v) is 3.53. The van der Waals surface area contributed by atoms with Gasteiger partial charge in [0.1, 0.15) is 0 Å². The minimum Gasteiger partial charge on any atom is -1.00 e. The summed E-state index contributed by atoms with van der Waals surface area (Å²) in [6.45, 7) is 3.97.